The van der Waals surface area contributed by atoms with Crippen LogP contribution < -0.4 is 5.32 Å². The lowest BCUT2D eigenvalue weighted by Gasteiger charge is -2.50. The largest absolute Gasteiger partial charge is 0.464 e. The van der Waals surface area contributed by atoms with Gasteiger partial charge in [0.2, 0.25) is 5.91 Å². The third-order valence-electron chi connectivity index (χ3n) is 5.00. The van der Waals surface area contributed by atoms with Gasteiger partial charge in [-0.2, -0.15) is 0 Å². The van der Waals surface area contributed by atoms with Gasteiger partial charge in [-0.25, -0.2) is 4.79 Å². The Kier molecular flexibility index (Phi) is 7.04. The number of hydrogen-bond donors (Lipinski definition) is 1. The Balaban J connectivity index is 1.99. The molecule has 6 heteroatoms. The van der Waals surface area contributed by atoms with E-state index in [0.717, 1.165) is 45.1 Å². The summed E-state index contributed by atoms with van der Waals surface area (Å²) in [5.41, 5.74) is -0.439. The van der Waals surface area contributed by atoms with E-state index in [4.69, 9.17) is 9.47 Å². The lowest BCUT2D eigenvalue weighted by Crippen LogP contribution is -2.75. The second-order valence-electron chi connectivity index (χ2n) is 6.94. The molecular weight excluding hydrogens is 308 g/mol. The van der Waals surface area contributed by atoms with E-state index in [2.05, 4.69) is 19.2 Å². The van der Waals surface area contributed by atoms with E-state index in [0.29, 0.717) is 19.8 Å². The van der Waals surface area contributed by atoms with Crippen LogP contribution in [0.2, 0.25) is 0 Å². The summed E-state index contributed by atoms with van der Waals surface area (Å²) >= 11 is 0. The topological polar surface area (TPSA) is 67.9 Å². The first kappa shape index (κ1) is 19.2. The highest BCUT2D eigenvalue weighted by Gasteiger charge is 2.57. The molecule has 2 aliphatic heterocycles. The number of carbonyl (C=O) groups is 2. The van der Waals surface area contributed by atoms with Crippen molar-refractivity contribution in [2.45, 2.75) is 77.0 Å². The van der Waals surface area contributed by atoms with Crippen LogP contribution in [0.3, 0.4) is 0 Å². The second kappa shape index (κ2) is 8.81. The fourth-order valence-corrected chi connectivity index (χ4v) is 3.44. The quantitative estimate of drug-likeness (QED) is 0.373. The number of unbranched alkanes of at least 4 members (excludes halogenated alkanes) is 2. The number of rotatable bonds is 10. The van der Waals surface area contributed by atoms with Gasteiger partial charge in [0, 0.05) is 13.2 Å². The van der Waals surface area contributed by atoms with Gasteiger partial charge in [-0.1, -0.05) is 26.7 Å². The van der Waals surface area contributed by atoms with E-state index in [1.54, 1.807) is 4.90 Å². The van der Waals surface area contributed by atoms with Crippen molar-refractivity contribution in [1.82, 2.24) is 10.2 Å². The number of nitrogens with one attached hydrogen (secondary N) is 1. The number of ether oxygens (including phenoxy) is 2. The number of carbonyl (C=O) groups excluding carboxylic acids is 2. The van der Waals surface area contributed by atoms with Gasteiger partial charge in [0.1, 0.15) is 5.54 Å². The van der Waals surface area contributed by atoms with Crippen molar-refractivity contribution >= 4 is 11.9 Å². The van der Waals surface area contributed by atoms with Crippen molar-refractivity contribution in [2.24, 2.45) is 0 Å². The molecule has 0 aromatic carbocycles. The van der Waals surface area contributed by atoms with E-state index < -0.39 is 11.6 Å². The number of likely N-dealkylation sites (tertiary alicyclic amines) is 1. The maximum Gasteiger partial charge on any atom is 0.331 e. The molecule has 2 fully saturated rings. The van der Waals surface area contributed by atoms with Gasteiger partial charge in [-0.05, 0) is 39.2 Å². The van der Waals surface area contributed by atoms with Gasteiger partial charge in [-0.3, -0.25) is 4.79 Å². The summed E-state index contributed by atoms with van der Waals surface area (Å²) in [6.07, 6.45) is 5.29. The standard InChI is InChI=1S/C18H32N2O4/c1-4-6-11-23-14(3)15(16(21)24-12-7-5-2)20-13-18(17(20)22)9-8-10-19-18/h14-15,19H,4-13H2,1-3H3/t14-,15+,18?/m1/s1. The molecule has 0 aromatic heterocycles. The van der Waals surface area contributed by atoms with Gasteiger partial charge < -0.3 is 19.7 Å². The molecule has 2 rings (SSSR count). The highest BCUT2D eigenvalue weighted by molar-refractivity contribution is 5.96. The molecule has 1 N–H and O–H groups in total. The molecule has 0 aromatic rings. The summed E-state index contributed by atoms with van der Waals surface area (Å²) in [7, 11) is 0. The summed E-state index contributed by atoms with van der Waals surface area (Å²) in [4.78, 5) is 26.9. The minimum Gasteiger partial charge on any atom is -0.464 e. The number of esters is 1. The Bertz CT molecular complexity index is 435. The third kappa shape index (κ3) is 4.09. The van der Waals surface area contributed by atoms with Crippen LogP contribution in [0.15, 0.2) is 0 Å². The van der Waals surface area contributed by atoms with Crippen molar-refractivity contribution in [3.8, 4) is 0 Å². The maximum absolute atomic E-state index is 12.7. The molecule has 3 atom stereocenters. The minimum atomic E-state index is -0.640. The Morgan fingerprint density at radius 2 is 2.00 bits per heavy atom. The summed E-state index contributed by atoms with van der Waals surface area (Å²) in [5, 5.41) is 3.30. The van der Waals surface area contributed by atoms with Crippen molar-refractivity contribution < 1.29 is 19.1 Å². The average molecular weight is 340 g/mol. The number of β-lactam (4-membered cyclic amide) rings is 1. The van der Waals surface area contributed by atoms with Crippen LogP contribution in [-0.4, -0.2) is 60.8 Å². The average Bonchev–Trinajstić information content (AvgIpc) is 3.06. The molecule has 138 valence electrons. The van der Waals surface area contributed by atoms with Crippen LogP contribution >= 0.6 is 0 Å². The molecule has 0 saturated carbocycles. The SMILES string of the molecule is CCCCOC(=O)[C@H]([C@@H](C)OCCCC)N1CC2(CCCN2)C1=O. The van der Waals surface area contributed by atoms with Gasteiger partial charge in [0.15, 0.2) is 6.04 Å². The van der Waals surface area contributed by atoms with Crippen LogP contribution in [-0.2, 0) is 19.1 Å². The Hall–Kier alpha value is -1.14. The Morgan fingerprint density at radius 1 is 1.29 bits per heavy atom. The van der Waals surface area contributed by atoms with E-state index in [-0.39, 0.29) is 18.0 Å². The van der Waals surface area contributed by atoms with Gasteiger partial charge >= 0.3 is 5.97 Å². The molecule has 0 bridgehead atoms. The van der Waals surface area contributed by atoms with Crippen LogP contribution in [0.25, 0.3) is 0 Å². The fourth-order valence-electron chi connectivity index (χ4n) is 3.44. The Morgan fingerprint density at radius 3 is 2.58 bits per heavy atom. The fraction of sp³-hybridized carbons (Fsp3) is 0.889. The van der Waals surface area contributed by atoms with Gasteiger partial charge in [0.25, 0.3) is 0 Å². The second-order valence-corrected chi connectivity index (χ2v) is 6.94. The summed E-state index contributed by atoms with van der Waals surface area (Å²) in [6, 6.07) is -0.640. The van der Waals surface area contributed by atoms with Gasteiger partial charge in [0.05, 0.1) is 12.7 Å². The lowest BCUT2D eigenvalue weighted by molar-refractivity contribution is -0.175. The van der Waals surface area contributed by atoms with Crippen molar-refractivity contribution in [2.75, 3.05) is 26.3 Å². The van der Waals surface area contributed by atoms with E-state index in [9.17, 15) is 9.59 Å². The molecule has 2 aliphatic rings. The van der Waals surface area contributed by atoms with Crippen LogP contribution in [0.4, 0.5) is 0 Å². The molecule has 2 saturated heterocycles. The predicted octanol–water partition coefficient (Wildman–Crippen LogP) is 1.87. The van der Waals surface area contributed by atoms with Crippen LogP contribution in [0, 0.1) is 0 Å². The minimum absolute atomic E-state index is 0.0170. The summed E-state index contributed by atoms with van der Waals surface area (Å²) in [6.45, 7) is 8.45. The first-order valence-electron chi connectivity index (χ1n) is 9.40. The van der Waals surface area contributed by atoms with E-state index in [1.807, 2.05) is 6.92 Å². The first-order valence-corrected chi connectivity index (χ1v) is 9.40. The van der Waals surface area contributed by atoms with Crippen LogP contribution in [0.1, 0.15) is 59.3 Å². The zero-order valence-corrected chi connectivity index (χ0v) is 15.3. The van der Waals surface area contributed by atoms with E-state index >= 15 is 0 Å². The predicted molar refractivity (Wildman–Crippen MR) is 91.7 cm³/mol. The number of hydrogen-bond acceptors (Lipinski definition) is 5. The zero-order chi connectivity index (χ0) is 17.6. The highest BCUT2D eigenvalue weighted by atomic mass is 16.5. The Labute approximate surface area is 145 Å². The molecule has 1 spiro atoms. The van der Waals surface area contributed by atoms with Crippen molar-refractivity contribution in [1.29, 1.82) is 0 Å². The first-order chi connectivity index (χ1) is 11.6. The molecule has 24 heavy (non-hydrogen) atoms. The molecule has 1 amide bonds. The molecule has 0 aliphatic carbocycles. The molecule has 1 unspecified atom stereocenters. The van der Waals surface area contributed by atoms with Crippen molar-refractivity contribution in [3.63, 3.8) is 0 Å². The molecule has 2 heterocycles. The number of amides is 1. The monoisotopic (exact) mass is 340 g/mol. The molecular formula is C18H32N2O4. The maximum atomic E-state index is 12.7. The molecule has 0 radical (unpaired) electrons. The van der Waals surface area contributed by atoms with E-state index in [1.165, 1.54) is 0 Å². The highest BCUT2D eigenvalue weighted by Crippen LogP contribution is 2.34. The smallest absolute Gasteiger partial charge is 0.331 e. The van der Waals surface area contributed by atoms with Crippen molar-refractivity contribution in [3.05, 3.63) is 0 Å². The summed E-state index contributed by atoms with van der Waals surface area (Å²) in [5.74, 6) is -0.322. The zero-order valence-electron chi connectivity index (χ0n) is 15.3. The summed E-state index contributed by atoms with van der Waals surface area (Å²) < 4.78 is 11.2. The van der Waals surface area contributed by atoms with Crippen LogP contribution in [0.5, 0.6) is 0 Å². The molecule has 6 nitrogen and oxygen atoms in total. The normalized spacial score (nSPS) is 25.6. The third-order valence-corrected chi connectivity index (χ3v) is 5.00. The van der Waals surface area contributed by atoms with Gasteiger partial charge in [-0.15, -0.1) is 0 Å². The number of nitrogens with zero attached hydrogens (tertiary/aromatic N) is 1. The lowest BCUT2D eigenvalue weighted by atomic mass is 9.84.